The van der Waals surface area contributed by atoms with Gasteiger partial charge >= 0.3 is 0 Å². The highest BCUT2D eigenvalue weighted by molar-refractivity contribution is 7.98. The van der Waals surface area contributed by atoms with Crippen molar-refractivity contribution in [3.8, 4) is 0 Å². The Kier molecular flexibility index (Phi) is 7.19. The van der Waals surface area contributed by atoms with Crippen molar-refractivity contribution < 1.29 is 18.2 Å². The van der Waals surface area contributed by atoms with Crippen molar-refractivity contribution in [2.75, 3.05) is 38.8 Å². The molecule has 0 saturated carbocycles. The number of nitrogens with one attached hydrogen (secondary N) is 3. The summed E-state index contributed by atoms with van der Waals surface area (Å²) in [6.07, 6.45) is 1.94. The molecule has 0 atom stereocenters. The molecule has 10 heteroatoms. The van der Waals surface area contributed by atoms with Gasteiger partial charge in [-0.2, -0.15) is 0 Å². The zero-order valence-corrected chi connectivity index (χ0v) is 17.0. The van der Waals surface area contributed by atoms with Crippen LogP contribution in [0.25, 0.3) is 0 Å². The summed E-state index contributed by atoms with van der Waals surface area (Å²) in [4.78, 5) is 12.8. The van der Waals surface area contributed by atoms with Crippen LogP contribution < -0.4 is 14.9 Å². The maximum Gasteiger partial charge on any atom is 0.294 e. The molecule has 0 radical (unpaired) electrons. The van der Waals surface area contributed by atoms with Gasteiger partial charge in [-0.25, -0.2) is 13.1 Å². The number of nitro groups is 1. The summed E-state index contributed by atoms with van der Waals surface area (Å²) in [5, 5.41) is 14.5. The van der Waals surface area contributed by atoms with Gasteiger partial charge in [0.1, 0.15) is 5.69 Å². The number of benzene rings is 2. The van der Waals surface area contributed by atoms with E-state index in [0.29, 0.717) is 12.2 Å². The molecule has 27 heavy (non-hydrogen) atoms. The smallest absolute Gasteiger partial charge is 0.294 e. The van der Waals surface area contributed by atoms with Crippen LogP contribution in [-0.2, 0) is 10.0 Å². The zero-order valence-electron chi connectivity index (χ0n) is 15.4. The van der Waals surface area contributed by atoms with Gasteiger partial charge in [-0.3, -0.25) is 10.1 Å². The lowest BCUT2D eigenvalue weighted by Crippen LogP contribution is -3.06. The summed E-state index contributed by atoms with van der Waals surface area (Å²) < 4.78 is 27.2. The fourth-order valence-corrected chi connectivity index (χ4v) is 3.82. The maximum absolute atomic E-state index is 12.4. The number of thioether (sulfide) groups is 1. The average molecular weight is 412 g/mol. The lowest BCUT2D eigenvalue weighted by Gasteiger charge is -2.11. The first-order valence-corrected chi connectivity index (χ1v) is 10.9. The number of hydrogen-bond donors (Lipinski definition) is 3. The Balaban J connectivity index is 2.29. The minimum absolute atomic E-state index is 0.133. The Labute approximate surface area is 163 Å². The van der Waals surface area contributed by atoms with E-state index in [0.717, 1.165) is 15.9 Å². The van der Waals surface area contributed by atoms with Crippen molar-refractivity contribution >= 4 is 38.8 Å². The molecule has 0 amide bonds. The fraction of sp³-hybridized carbons (Fsp3) is 0.294. The van der Waals surface area contributed by atoms with E-state index in [1.165, 1.54) is 12.1 Å². The van der Waals surface area contributed by atoms with Crippen LogP contribution in [0, 0.1) is 10.1 Å². The summed E-state index contributed by atoms with van der Waals surface area (Å²) >= 11 is 1.56. The third-order valence-electron chi connectivity index (χ3n) is 3.74. The van der Waals surface area contributed by atoms with E-state index in [9.17, 15) is 18.5 Å². The van der Waals surface area contributed by atoms with Crippen LogP contribution in [0.4, 0.5) is 17.1 Å². The predicted molar refractivity (Wildman–Crippen MR) is 107 cm³/mol. The molecule has 2 rings (SSSR count). The van der Waals surface area contributed by atoms with Gasteiger partial charge in [0.05, 0.1) is 37.0 Å². The van der Waals surface area contributed by atoms with Gasteiger partial charge in [0.15, 0.2) is 0 Å². The van der Waals surface area contributed by atoms with Crippen LogP contribution in [0.15, 0.2) is 52.3 Å². The third kappa shape index (κ3) is 5.93. The lowest BCUT2D eigenvalue weighted by atomic mass is 10.2. The van der Waals surface area contributed by atoms with Gasteiger partial charge in [-0.15, -0.1) is 11.8 Å². The summed E-state index contributed by atoms with van der Waals surface area (Å²) in [5.41, 5.74) is 0.619. The number of anilines is 2. The monoisotopic (exact) mass is 411 g/mol. The standard InChI is InChI=1S/C17H22N4O4S2/c1-20(2)10-9-18-27(24,25)15-7-8-16(17(12-15)21(22)23)19-13-5-4-6-14(11-13)26-3/h4-8,11-12,18-19H,9-10H2,1-3H3/p+1. The van der Waals surface area contributed by atoms with Crippen LogP contribution in [0.2, 0.25) is 0 Å². The molecule has 8 nitrogen and oxygen atoms in total. The Morgan fingerprint density at radius 3 is 2.56 bits per heavy atom. The quantitative estimate of drug-likeness (QED) is 0.328. The van der Waals surface area contributed by atoms with Crippen LogP contribution in [0.5, 0.6) is 0 Å². The van der Waals surface area contributed by atoms with Gasteiger partial charge in [0, 0.05) is 16.6 Å². The van der Waals surface area contributed by atoms with E-state index < -0.39 is 14.9 Å². The van der Waals surface area contributed by atoms with E-state index in [1.807, 2.05) is 38.6 Å². The molecule has 0 aliphatic heterocycles. The second-order valence-corrected chi connectivity index (χ2v) is 8.79. The molecule has 3 N–H and O–H groups in total. The van der Waals surface area contributed by atoms with Crippen molar-refractivity contribution in [2.24, 2.45) is 0 Å². The molecular formula is C17H23N4O4S2+. The van der Waals surface area contributed by atoms with Gasteiger partial charge < -0.3 is 10.2 Å². The minimum Gasteiger partial charge on any atom is -0.350 e. The van der Waals surface area contributed by atoms with Crippen LogP contribution in [0.3, 0.4) is 0 Å². The van der Waals surface area contributed by atoms with Crippen molar-refractivity contribution in [3.05, 3.63) is 52.6 Å². The summed E-state index contributed by atoms with van der Waals surface area (Å²) in [5.74, 6) is 0. The van der Waals surface area contributed by atoms with E-state index in [1.54, 1.807) is 17.8 Å². The maximum atomic E-state index is 12.4. The number of nitrogens with zero attached hydrogens (tertiary/aromatic N) is 1. The molecule has 0 unspecified atom stereocenters. The second-order valence-electron chi connectivity index (χ2n) is 6.15. The molecule has 0 saturated heterocycles. The number of likely N-dealkylation sites (N-methyl/N-ethyl adjacent to an activating group) is 1. The van der Waals surface area contributed by atoms with E-state index in [4.69, 9.17) is 0 Å². The molecule has 0 heterocycles. The Morgan fingerprint density at radius 2 is 1.93 bits per heavy atom. The number of hydrogen-bond acceptors (Lipinski definition) is 6. The molecule has 0 fully saturated rings. The molecule has 0 aliphatic rings. The second kappa shape index (κ2) is 9.18. The van der Waals surface area contributed by atoms with E-state index in [-0.39, 0.29) is 22.8 Å². The van der Waals surface area contributed by atoms with Crippen molar-refractivity contribution in [1.29, 1.82) is 0 Å². The molecular weight excluding hydrogens is 388 g/mol. The number of nitro benzene ring substituents is 1. The average Bonchev–Trinajstić information content (AvgIpc) is 2.61. The molecule has 0 aromatic heterocycles. The van der Waals surface area contributed by atoms with Crippen LogP contribution >= 0.6 is 11.8 Å². The number of quaternary nitrogens is 1. The van der Waals surface area contributed by atoms with Crippen LogP contribution in [-0.4, -0.2) is 46.8 Å². The first-order chi connectivity index (χ1) is 12.7. The van der Waals surface area contributed by atoms with Gasteiger partial charge in [0.25, 0.3) is 5.69 Å². The molecule has 2 aromatic rings. The highest BCUT2D eigenvalue weighted by Crippen LogP contribution is 2.31. The first kappa shape index (κ1) is 21.2. The number of sulfonamides is 1. The van der Waals surface area contributed by atoms with Crippen molar-refractivity contribution in [1.82, 2.24) is 4.72 Å². The normalized spacial score (nSPS) is 11.6. The van der Waals surface area contributed by atoms with Gasteiger partial charge in [-0.1, -0.05) is 6.07 Å². The fourth-order valence-electron chi connectivity index (χ4n) is 2.31. The van der Waals surface area contributed by atoms with Crippen LogP contribution in [0.1, 0.15) is 0 Å². The summed E-state index contributed by atoms with van der Waals surface area (Å²) in [6, 6.07) is 11.3. The first-order valence-electron chi connectivity index (χ1n) is 8.21. The van der Waals surface area contributed by atoms with Gasteiger partial charge in [0.2, 0.25) is 10.0 Å². The molecule has 0 spiro atoms. The highest BCUT2D eigenvalue weighted by atomic mass is 32.2. The zero-order chi connectivity index (χ0) is 20.0. The Morgan fingerprint density at radius 1 is 1.19 bits per heavy atom. The Bertz CT molecular complexity index is 917. The molecule has 0 aliphatic carbocycles. The summed E-state index contributed by atoms with van der Waals surface area (Å²) in [6.45, 7) is 0.854. The lowest BCUT2D eigenvalue weighted by molar-refractivity contribution is -0.856. The molecule has 2 aromatic carbocycles. The van der Waals surface area contributed by atoms with Crippen molar-refractivity contribution in [3.63, 3.8) is 0 Å². The van der Waals surface area contributed by atoms with Crippen molar-refractivity contribution in [2.45, 2.75) is 9.79 Å². The topological polar surface area (TPSA) is 106 Å². The third-order valence-corrected chi connectivity index (χ3v) is 5.93. The predicted octanol–water partition coefficient (Wildman–Crippen LogP) is 1.48. The van der Waals surface area contributed by atoms with E-state index in [2.05, 4.69) is 10.0 Å². The molecule has 146 valence electrons. The van der Waals surface area contributed by atoms with Gasteiger partial charge in [-0.05, 0) is 36.6 Å². The SMILES string of the molecule is CSc1cccc(Nc2ccc(S(=O)(=O)NCC[NH+](C)C)cc2[N+](=O)[O-])c1. The van der Waals surface area contributed by atoms with E-state index >= 15 is 0 Å². The largest absolute Gasteiger partial charge is 0.350 e. The summed E-state index contributed by atoms with van der Waals surface area (Å²) in [7, 11) is 0.00562. The number of rotatable bonds is 9. The minimum atomic E-state index is -3.81. The highest BCUT2D eigenvalue weighted by Gasteiger charge is 2.21. The molecule has 0 bridgehead atoms. The Hall–Kier alpha value is -2.14.